The van der Waals surface area contributed by atoms with Crippen molar-refractivity contribution in [3.05, 3.63) is 182 Å². The van der Waals surface area contributed by atoms with E-state index < -0.39 is 0 Å². The lowest BCUT2D eigenvalue weighted by Crippen LogP contribution is -1.95. The summed E-state index contributed by atoms with van der Waals surface area (Å²) in [5.41, 5.74) is 9.68. The van der Waals surface area contributed by atoms with E-state index in [-0.39, 0.29) is 0 Å². The smallest absolute Gasteiger partial charge is 0.160 e. The van der Waals surface area contributed by atoms with E-state index in [1.165, 1.54) is 49.0 Å². The van der Waals surface area contributed by atoms with E-state index in [0.717, 1.165) is 33.6 Å². The molecule has 48 heavy (non-hydrogen) atoms. The van der Waals surface area contributed by atoms with Crippen LogP contribution >= 0.6 is 0 Å². The maximum atomic E-state index is 5.01. The monoisotopic (exact) mass is 610 g/mol. The van der Waals surface area contributed by atoms with Gasteiger partial charge in [-0.3, -0.25) is 0 Å². The van der Waals surface area contributed by atoms with Crippen LogP contribution in [-0.2, 0) is 0 Å². The highest BCUT2D eigenvalue weighted by Crippen LogP contribution is 2.38. The van der Waals surface area contributed by atoms with Gasteiger partial charge in [-0.15, -0.1) is 0 Å². The van der Waals surface area contributed by atoms with Crippen molar-refractivity contribution in [3.63, 3.8) is 0 Å². The molecule has 2 nitrogen and oxygen atoms in total. The largest absolute Gasteiger partial charge is 0.228 e. The molecule has 0 N–H and O–H groups in total. The average Bonchev–Trinajstić information content (AvgIpc) is 3.18. The van der Waals surface area contributed by atoms with Gasteiger partial charge in [-0.2, -0.15) is 0 Å². The minimum atomic E-state index is 0.714. The SMILES string of the molecule is c1ccc(-c2cc(-c3ccccc3)nc(-c3ccc(-c4cccc(-c5ccc6c7ccccc7c7ccccc7c6c5)c4)cc3)n2)cc1. The molecule has 1 heterocycles. The summed E-state index contributed by atoms with van der Waals surface area (Å²) in [5.74, 6) is 0.714. The zero-order valence-corrected chi connectivity index (χ0v) is 26.2. The van der Waals surface area contributed by atoms with E-state index in [2.05, 4.69) is 146 Å². The standard InChI is InChI=1S/C46H30N2/c1-3-12-32(13-4-1)44-30-45(33-14-5-2-6-15-33)48-46(47-44)34-24-22-31(23-25-34)35-16-11-17-36(28-35)37-26-27-42-40-20-8-7-18-38(40)39-19-9-10-21-41(39)43(42)29-37/h1-30H. The van der Waals surface area contributed by atoms with Gasteiger partial charge in [0.15, 0.2) is 5.82 Å². The Morgan fingerprint density at radius 1 is 0.229 bits per heavy atom. The molecule has 0 saturated heterocycles. The zero-order valence-electron chi connectivity index (χ0n) is 26.2. The molecule has 2 heteroatoms. The topological polar surface area (TPSA) is 25.8 Å². The summed E-state index contributed by atoms with van der Waals surface area (Å²) in [6.45, 7) is 0. The first-order valence-electron chi connectivity index (χ1n) is 16.3. The molecular weight excluding hydrogens is 581 g/mol. The fourth-order valence-electron chi connectivity index (χ4n) is 6.87. The normalized spacial score (nSPS) is 11.3. The van der Waals surface area contributed by atoms with Crippen molar-refractivity contribution in [2.45, 2.75) is 0 Å². The summed E-state index contributed by atoms with van der Waals surface area (Å²) in [6.07, 6.45) is 0. The van der Waals surface area contributed by atoms with Gasteiger partial charge < -0.3 is 0 Å². The van der Waals surface area contributed by atoms with Gasteiger partial charge in [0.25, 0.3) is 0 Å². The van der Waals surface area contributed by atoms with Gasteiger partial charge in [0.2, 0.25) is 0 Å². The third-order valence-electron chi connectivity index (χ3n) is 9.28. The highest BCUT2D eigenvalue weighted by Gasteiger charge is 2.12. The predicted molar refractivity (Wildman–Crippen MR) is 202 cm³/mol. The summed E-state index contributed by atoms with van der Waals surface area (Å²) < 4.78 is 0. The summed E-state index contributed by atoms with van der Waals surface area (Å²) in [5, 5.41) is 7.74. The second-order valence-corrected chi connectivity index (χ2v) is 12.2. The van der Waals surface area contributed by atoms with Gasteiger partial charge in [0, 0.05) is 16.7 Å². The van der Waals surface area contributed by atoms with Crippen molar-refractivity contribution in [2.75, 3.05) is 0 Å². The van der Waals surface area contributed by atoms with Gasteiger partial charge in [0.05, 0.1) is 11.4 Å². The molecule has 0 aliphatic carbocycles. The Morgan fingerprint density at radius 3 is 1.19 bits per heavy atom. The first kappa shape index (κ1) is 27.9. The highest BCUT2D eigenvalue weighted by molar-refractivity contribution is 6.25. The van der Waals surface area contributed by atoms with E-state index in [9.17, 15) is 0 Å². The number of hydrogen-bond acceptors (Lipinski definition) is 2. The fraction of sp³-hybridized carbons (Fsp3) is 0. The number of hydrogen-bond donors (Lipinski definition) is 0. The van der Waals surface area contributed by atoms with Crippen LogP contribution in [0.2, 0.25) is 0 Å². The molecule has 0 aliphatic heterocycles. The minimum absolute atomic E-state index is 0.714. The fourth-order valence-corrected chi connectivity index (χ4v) is 6.87. The molecule has 0 unspecified atom stereocenters. The number of fused-ring (bicyclic) bond motifs is 6. The maximum Gasteiger partial charge on any atom is 0.160 e. The maximum absolute atomic E-state index is 5.01. The molecule has 9 aromatic rings. The number of nitrogens with zero attached hydrogens (tertiary/aromatic N) is 2. The Hall–Kier alpha value is -6.38. The molecule has 0 spiro atoms. The first-order chi connectivity index (χ1) is 23.8. The third-order valence-corrected chi connectivity index (χ3v) is 9.28. The minimum Gasteiger partial charge on any atom is -0.228 e. The van der Waals surface area contributed by atoms with Crippen molar-refractivity contribution in [1.29, 1.82) is 0 Å². The van der Waals surface area contributed by atoms with E-state index in [1.807, 2.05) is 36.4 Å². The average molecular weight is 611 g/mol. The quantitative estimate of drug-likeness (QED) is 0.181. The molecule has 0 radical (unpaired) electrons. The van der Waals surface area contributed by atoms with E-state index in [4.69, 9.17) is 9.97 Å². The van der Waals surface area contributed by atoms with Crippen LogP contribution in [0.5, 0.6) is 0 Å². The summed E-state index contributed by atoms with van der Waals surface area (Å²) >= 11 is 0. The molecule has 0 amide bonds. The molecule has 8 aromatic carbocycles. The Bertz CT molecular complexity index is 2500. The van der Waals surface area contributed by atoms with Gasteiger partial charge in [-0.1, -0.05) is 164 Å². The van der Waals surface area contributed by atoms with Crippen LogP contribution in [0.3, 0.4) is 0 Å². The van der Waals surface area contributed by atoms with Crippen LogP contribution in [0.25, 0.3) is 88.5 Å². The molecule has 0 aliphatic rings. The Morgan fingerprint density at radius 2 is 0.625 bits per heavy atom. The van der Waals surface area contributed by atoms with Gasteiger partial charge in [0.1, 0.15) is 0 Å². The summed E-state index contributed by atoms with van der Waals surface area (Å²) in [4.78, 5) is 10.0. The molecule has 0 atom stereocenters. The van der Waals surface area contributed by atoms with E-state index in [0.29, 0.717) is 5.82 Å². The summed E-state index contributed by atoms with van der Waals surface area (Å²) in [6, 6.07) is 64.5. The number of benzene rings is 8. The second kappa shape index (κ2) is 11.8. The van der Waals surface area contributed by atoms with Crippen LogP contribution < -0.4 is 0 Å². The van der Waals surface area contributed by atoms with Crippen molar-refractivity contribution >= 4 is 32.3 Å². The van der Waals surface area contributed by atoms with Crippen LogP contribution in [-0.4, -0.2) is 9.97 Å². The summed E-state index contributed by atoms with van der Waals surface area (Å²) in [7, 11) is 0. The van der Waals surface area contributed by atoms with E-state index >= 15 is 0 Å². The van der Waals surface area contributed by atoms with Crippen LogP contribution in [0, 0.1) is 0 Å². The lowest BCUT2D eigenvalue weighted by molar-refractivity contribution is 1.18. The van der Waals surface area contributed by atoms with Crippen molar-refractivity contribution < 1.29 is 0 Å². The molecule has 1 aromatic heterocycles. The van der Waals surface area contributed by atoms with Crippen molar-refractivity contribution in [2.24, 2.45) is 0 Å². The molecular formula is C46H30N2. The van der Waals surface area contributed by atoms with Crippen molar-refractivity contribution in [1.82, 2.24) is 9.97 Å². The molecule has 0 fully saturated rings. The Kier molecular flexibility index (Phi) is 6.84. The second-order valence-electron chi connectivity index (χ2n) is 12.2. The van der Waals surface area contributed by atoms with Crippen LogP contribution in [0.4, 0.5) is 0 Å². The van der Waals surface area contributed by atoms with Gasteiger partial charge in [-0.05, 0) is 72.8 Å². The Labute approximate surface area is 279 Å². The first-order valence-corrected chi connectivity index (χ1v) is 16.3. The number of rotatable bonds is 5. The molecule has 224 valence electrons. The molecule has 0 saturated carbocycles. The third kappa shape index (κ3) is 5.01. The highest BCUT2D eigenvalue weighted by atomic mass is 14.9. The zero-order chi connectivity index (χ0) is 31.9. The van der Waals surface area contributed by atoms with Gasteiger partial charge in [-0.25, -0.2) is 9.97 Å². The van der Waals surface area contributed by atoms with Crippen LogP contribution in [0.15, 0.2) is 182 Å². The number of aromatic nitrogens is 2. The predicted octanol–water partition coefficient (Wildman–Crippen LogP) is 12.3. The lowest BCUT2D eigenvalue weighted by atomic mass is 9.91. The molecule has 9 rings (SSSR count). The lowest BCUT2D eigenvalue weighted by Gasteiger charge is -2.13. The van der Waals surface area contributed by atoms with Crippen LogP contribution in [0.1, 0.15) is 0 Å². The van der Waals surface area contributed by atoms with Crippen molar-refractivity contribution in [3.8, 4) is 56.2 Å². The van der Waals surface area contributed by atoms with Gasteiger partial charge >= 0.3 is 0 Å². The van der Waals surface area contributed by atoms with E-state index in [1.54, 1.807) is 0 Å². The molecule has 0 bridgehead atoms. The Balaban J connectivity index is 1.09.